The molecule has 0 spiro atoms. The minimum Gasteiger partial charge on any atom is -0.484 e. The molecule has 92 valence electrons. The molecule has 0 amide bonds. The van der Waals surface area contributed by atoms with E-state index in [0.29, 0.717) is 17.3 Å². The minimum atomic E-state index is -1.02. The molecule has 2 heterocycles. The number of hydrogen-bond donors (Lipinski definition) is 1. The van der Waals surface area contributed by atoms with Crippen molar-refractivity contribution in [2.75, 3.05) is 0 Å². The first-order valence-electron chi connectivity index (χ1n) is 4.99. The highest BCUT2D eigenvalue weighted by molar-refractivity contribution is 5.84. The van der Waals surface area contributed by atoms with Crippen LogP contribution < -0.4 is 4.74 Å². The highest BCUT2D eigenvalue weighted by Gasteiger charge is 2.00. The summed E-state index contributed by atoms with van der Waals surface area (Å²) in [6.45, 7) is 0.183. The maximum absolute atomic E-state index is 10.3. The molecule has 0 saturated carbocycles. The number of pyridine rings is 1. The Kier molecular flexibility index (Phi) is 3.65. The number of carbonyl (C=O) groups is 1. The van der Waals surface area contributed by atoms with Crippen molar-refractivity contribution in [2.24, 2.45) is 0 Å². The largest absolute Gasteiger partial charge is 0.484 e. The fraction of sp³-hybridized carbons (Fsp3) is 0.0909. The van der Waals surface area contributed by atoms with Gasteiger partial charge >= 0.3 is 5.97 Å². The third kappa shape index (κ3) is 3.41. The zero-order valence-corrected chi connectivity index (χ0v) is 9.18. The van der Waals surface area contributed by atoms with Gasteiger partial charge < -0.3 is 14.4 Å². The number of rotatable bonds is 5. The lowest BCUT2D eigenvalue weighted by molar-refractivity contribution is -0.131. The second-order valence-corrected chi connectivity index (χ2v) is 3.23. The first-order chi connectivity index (χ1) is 8.74. The number of nitrogens with zero attached hydrogens (tertiary/aromatic N) is 3. The normalized spacial score (nSPS) is 10.7. The molecule has 2 aromatic rings. The number of ether oxygens (including phenoxy) is 1. The van der Waals surface area contributed by atoms with Crippen LogP contribution in [-0.2, 0) is 11.4 Å². The Bertz CT molecular complexity index is 534. The number of hydrogen-bond acceptors (Lipinski definition) is 6. The second-order valence-electron chi connectivity index (χ2n) is 3.23. The highest BCUT2D eigenvalue weighted by atomic mass is 16.5. The van der Waals surface area contributed by atoms with Crippen LogP contribution in [0.2, 0.25) is 0 Å². The van der Waals surface area contributed by atoms with Crippen molar-refractivity contribution in [1.29, 1.82) is 0 Å². The molecular formula is C11H9N3O4. The van der Waals surface area contributed by atoms with Crippen LogP contribution in [-0.4, -0.2) is 26.2 Å². The van der Waals surface area contributed by atoms with Gasteiger partial charge in [0.2, 0.25) is 12.2 Å². The third-order valence-electron chi connectivity index (χ3n) is 1.93. The average Bonchev–Trinajstić information content (AvgIpc) is 2.88. The summed E-state index contributed by atoms with van der Waals surface area (Å²) in [7, 11) is 0. The van der Waals surface area contributed by atoms with Gasteiger partial charge in [-0.3, -0.25) is 4.98 Å². The summed E-state index contributed by atoms with van der Waals surface area (Å²) in [5.41, 5.74) is 0.532. The molecule has 2 rings (SSSR count). The van der Waals surface area contributed by atoms with Crippen LogP contribution in [0.1, 0.15) is 11.5 Å². The number of carboxylic acid groups (broad SMARTS) is 1. The first-order valence-corrected chi connectivity index (χ1v) is 4.99. The van der Waals surface area contributed by atoms with Crippen molar-refractivity contribution < 1.29 is 19.2 Å². The summed E-state index contributed by atoms with van der Waals surface area (Å²) in [5.74, 6) is -0.0497. The fourth-order valence-corrected chi connectivity index (χ4v) is 1.14. The molecule has 0 fully saturated rings. The molecule has 0 aliphatic carbocycles. The Hall–Kier alpha value is -2.70. The van der Waals surface area contributed by atoms with Crippen LogP contribution in [0.4, 0.5) is 0 Å². The lowest BCUT2D eigenvalue weighted by Crippen LogP contribution is -1.97. The van der Waals surface area contributed by atoms with Gasteiger partial charge in [0, 0.05) is 6.08 Å². The molecule has 0 aliphatic heterocycles. The Balaban J connectivity index is 1.93. The summed E-state index contributed by atoms with van der Waals surface area (Å²) in [6.07, 6.45) is 5.12. The molecule has 7 nitrogen and oxygen atoms in total. The number of aliphatic carboxylic acids is 1. The summed E-state index contributed by atoms with van der Waals surface area (Å²) >= 11 is 0. The molecule has 0 unspecified atom stereocenters. The lowest BCUT2D eigenvalue weighted by Gasteiger charge is -2.02. The van der Waals surface area contributed by atoms with Crippen LogP contribution in [0.25, 0.3) is 6.08 Å². The average molecular weight is 247 g/mol. The SMILES string of the molecule is O=C(O)C=Cc1ccc(OCc2ncon2)cn1. The zero-order chi connectivity index (χ0) is 12.8. The molecule has 7 heteroatoms. The van der Waals surface area contributed by atoms with E-state index >= 15 is 0 Å². The van der Waals surface area contributed by atoms with Gasteiger partial charge in [-0.15, -0.1) is 0 Å². The lowest BCUT2D eigenvalue weighted by atomic mass is 10.3. The number of aromatic nitrogens is 3. The van der Waals surface area contributed by atoms with Crippen LogP contribution >= 0.6 is 0 Å². The second kappa shape index (κ2) is 5.58. The Morgan fingerprint density at radius 1 is 1.44 bits per heavy atom. The quantitative estimate of drug-likeness (QED) is 0.791. The van der Waals surface area contributed by atoms with Gasteiger partial charge in [0.1, 0.15) is 5.75 Å². The smallest absolute Gasteiger partial charge is 0.328 e. The Labute approximate surface area is 102 Å². The van der Waals surface area contributed by atoms with E-state index in [1.165, 1.54) is 18.7 Å². The minimum absolute atomic E-state index is 0.183. The zero-order valence-electron chi connectivity index (χ0n) is 9.18. The van der Waals surface area contributed by atoms with E-state index < -0.39 is 5.97 Å². The molecule has 0 saturated heterocycles. The number of carboxylic acids is 1. The van der Waals surface area contributed by atoms with Gasteiger partial charge in [0.05, 0.1) is 11.9 Å². The summed E-state index contributed by atoms with van der Waals surface area (Å²) in [5, 5.41) is 12.0. The molecular weight excluding hydrogens is 238 g/mol. The van der Waals surface area contributed by atoms with Crippen LogP contribution in [0, 0.1) is 0 Å². The first kappa shape index (κ1) is 11.8. The highest BCUT2D eigenvalue weighted by Crippen LogP contribution is 2.11. The topological polar surface area (TPSA) is 98.3 Å². The van der Waals surface area contributed by atoms with E-state index in [1.807, 2.05) is 0 Å². The van der Waals surface area contributed by atoms with Gasteiger partial charge in [-0.25, -0.2) is 4.79 Å². The van der Waals surface area contributed by atoms with Gasteiger partial charge in [0.15, 0.2) is 6.61 Å². The molecule has 0 aromatic carbocycles. The van der Waals surface area contributed by atoms with E-state index in [2.05, 4.69) is 19.6 Å². The van der Waals surface area contributed by atoms with Crippen molar-refractivity contribution in [3.05, 3.63) is 42.3 Å². The molecule has 0 bridgehead atoms. The van der Waals surface area contributed by atoms with Gasteiger partial charge in [-0.05, 0) is 18.2 Å². The van der Waals surface area contributed by atoms with Crippen LogP contribution in [0.5, 0.6) is 5.75 Å². The molecule has 0 radical (unpaired) electrons. The fourth-order valence-electron chi connectivity index (χ4n) is 1.14. The van der Waals surface area contributed by atoms with E-state index in [4.69, 9.17) is 9.84 Å². The van der Waals surface area contributed by atoms with Gasteiger partial charge in [0.25, 0.3) is 0 Å². The van der Waals surface area contributed by atoms with Crippen molar-refractivity contribution >= 4 is 12.0 Å². The van der Waals surface area contributed by atoms with Crippen molar-refractivity contribution in [1.82, 2.24) is 15.1 Å². The molecule has 18 heavy (non-hydrogen) atoms. The van der Waals surface area contributed by atoms with E-state index in [-0.39, 0.29) is 6.61 Å². The van der Waals surface area contributed by atoms with Crippen molar-refractivity contribution in [2.45, 2.75) is 6.61 Å². The molecule has 1 N–H and O–H groups in total. The van der Waals surface area contributed by atoms with Crippen molar-refractivity contribution in [3.63, 3.8) is 0 Å². The Morgan fingerprint density at radius 3 is 2.94 bits per heavy atom. The van der Waals surface area contributed by atoms with Gasteiger partial charge in [-0.2, -0.15) is 4.98 Å². The van der Waals surface area contributed by atoms with E-state index in [0.717, 1.165) is 6.08 Å². The monoisotopic (exact) mass is 247 g/mol. The maximum Gasteiger partial charge on any atom is 0.328 e. The Morgan fingerprint density at radius 2 is 2.33 bits per heavy atom. The molecule has 0 atom stereocenters. The van der Waals surface area contributed by atoms with Gasteiger partial charge in [-0.1, -0.05) is 5.16 Å². The standard InChI is InChI=1S/C11H9N3O4/c15-11(16)4-2-8-1-3-9(5-12-8)17-6-10-13-7-18-14-10/h1-5,7H,6H2,(H,15,16). The summed E-state index contributed by atoms with van der Waals surface area (Å²) in [6, 6.07) is 3.32. The van der Waals surface area contributed by atoms with Crippen LogP contribution in [0.3, 0.4) is 0 Å². The van der Waals surface area contributed by atoms with E-state index in [1.54, 1.807) is 12.1 Å². The molecule has 0 aliphatic rings. The van der Waals surface area contributed by atoms with Crippen molar-refractivity contribution in [3.8, 4) is 5.75 Å². The predicted molar refractivity (Wildman–Crippen MR) is 59.5 cm³/mol. The maximum atomic E-state index is 10.3. The van der Waals surface area contributed by atoms with Crippen LogP contribution in [0.15, 0.2) is 35.3 Å². The molecule has 2 aromatic heterocycles. The predicted octanol–water partition coefficient (Wildman–Crippen LogP) is 1.14. The van der Waals surface area contributed by atoms with E-state index in [9.17, 15) is 4.79 Å². The third-order valence-corrected chi connectivity index (χ3v) is 1.93. The summed E-state index contributed by atoms with van der Waals surface area (Å²) < 4.78 is 9.90. The summed E-state index contributed by atoms with van der Waals surface area (Å²) in [4.78, 5) is 18.1.